The van der Waals surface area contributed by atoms with Crippen LogP contribution in [0.5, 0.6) is 5.75 Å². The maximum atomic E-state index is 12.8. The zero-order valence-corrected chi connectivity index (χ0v) is 15.6. The molecule has 2 aromatic rings. The van der Waals surface area contributed by atoms with E-state index in [2.05, 4.69) is 10.2 Å². The van der Waals surface area contributed by atoms with Gasteiger partial charge in [0.2, 0.25) is 5.91 Å². The summed E-state index contributed by atoms with van der Waals surface area (Å²) in [6.07, 6.45) is -3.07. The molecule has 7 heteroatoms. The standard InChI is InChI=1S/C21H23F3N2O2/c1-28-19-7-2-4-15(12-19)14-26-10-8-16(9-11-26)20(27)25-18-6-3-5-17(13-18)21(22,23)24/h2-7,12-13,16H,8-11,14H2,1H3,(H,25,27). The van der Waals surface area contributed by atoms with Crippen LogP contribution in [0.1, 0.15) is 24.0 Å². The minimum Gasteiger partial charge on any atom is -0.497 e. The van der Waals surface area contributed by atoms with E-state index in [1.54, 1.807) is 7.11 Å². The summed E-state index contributed by atoms with van der Waals surface area (Å²) in [7, 11) is 1.63. The highest BCUT2D eigenvalue weighted by molar-refractivity contribution is 5.92. The molecule has 3 rings (SSSR count). The summed E-state index contributed by atoms with van der Waals surface area (Å²) < 4.78 is 43.6. The molecule has 0 unspecified atom stereocenters. The SMILES string of the molecule is COc1cccc(CN2CCC(C(=O)Nc3cccc(C(F)(F)F)c3)CC2)c1. The number of hydrogen-bond donors (Lipinski definition) is 1. The topological polar surface area (TPSA) is 41.6 Å². The number of nitrogens with one attached hydrogen (secondary N) is 1. The Morgan fingerprint density at radius 2 is 1.86 bits per heavy atom. The van der Waals surface area contributed by atoms with Gasteiger partial charge in [-0.3, -0.25) is 9.69 Å². The first-order valence-corrected chi connectivity index (χ1v) is 9.18. The highest BCUT2D eigenvalue weighted by Gasteiger charge is 2.31. The lowest BCUT2D eigenvalue weighted by Crippen LogP contribution is -2.37. The van der Waals surface area contributed by atoms with Gasteiger partial charge < -0.3 is 10.1 Å². The van der Waals surface area contributed by atoms with Gasteiger partial charge in [0.15, 0.2) is 0 Å². The van der Waals surface area contributed by atoms with Gasteiger partial charge in [-0.15, -0.1) is 0 Å². The number of nitrogens with zero attached hydrogens (tertiary/aromatic N) is 1. The number of amides is 1. The van der Waals surface area contributed by atoms with Crippen molar-refractivity contribution in [2.24, 2.45) is 5.92 Å². The molecule has 150 valence electrons. The number of alkyl halides is 3. The number of benzene rings is 2. The van der Waals surface area contributed by atoms with E-state index in [4.69, 9.17) is 4.74 Å². The number of carbonyl (C=O) groups excluding carboxylic acids is 1. The highest BCUT2D eigenvalue weighted by atomic mass is 19.4. The molecule has 1 fully saturated rings. The Kier molecular flexibility index (Phi) is 6.24. The summed E-state index contributed by atoms with van der Waals surface area (Å²) in [6.45, 7) is 2.30. The number of methoxy groups -OCH3 is 1. The number of rotatable bonds is 5. The molecule has 1 aliphatic heterocycles. The molecule has 0 aromatic heterocycles. The van der Waals surface area contributed by atoms with Gasteiger partial charge in [0, 0.05) is 18.2 Å². The fraction of sp³-hybridized carbons (Fsp3) is 0.381. The van der Waals surface area contributed by atoms with Crippen molar-refractivity contribution in [1.82, 2.24) is 4.90 Å². The Balaban J connectivity index is 1.52. The second-order valence-electron chi connectivity index (χ2n) is 6.97. The van der Waals surface area contributed by atoms with Crippen LogP contribution >= 0.6 is 0 Å². The van der Waals surface area contributed by atoms with Crippen LogP contribution in [0.3, 0.4) is 0 Å². The summed E-state index contributed by atoms with van der Waals surface area (Å²) >= 11 is 0. The molecular formula is C21H23F3N2O2. The van der Waals surface area contributed by atoms with Crippen LogP contribution in [0.15, 0.2) is 48.5 Å². The smallest absolute Gasteiger partial charge is 0.416 e. The zero-order chi connectivity index (χ0) is 20.1. The number of piperidine rings is 1. The summed E-state index contributed by atoms with van der Waals surface area (Å²) in [5, 5.41) is 2.63. The van der Waals surface area contributed by atoms with Gasteiger partial charge in [0.05, 0.1) is 12.7 Å². The van der Waals surface area contributed by atoms with Crippen LogP contribution < -0.4 is 10.1 Å². The largest absolute Gasteiger partial charge is 0.497 e. The third-order valence-corrected chi connectivity index (χ3v) is 4.96. The predicted molar refractivity (Wildman–Crippen MR) is 101 cm³/mol. The van der Waals surface area contributed by atoms with Crippen LogP contribution in [-0.4, -0.2) is 31.0 Å². The van der Waals surface area contributed by atoms with Crippen LogP contribution in [0, 0.1) is 5.92 Å². The third-order valence-electron chi connectivity index (χ3n) is 4.96. The molecule has 0 spiro atoms. The summed E-state index contributed by atoms with van der Waals surface area (Å²) in [5.74, 6) is 0.393. The molecule has 1 aliphatic rings. The first-order chi connectivity index (χ1) is 13.3. The average Bonchev–Trinajstić information content (AvgIpc) is 2.68. The average molecular weight is 392 g/mol. The predicted octanol–water partition coefficient (Wildman–Crippen LogP) is 4.56. The van der Waals surface area contributed by atoms with E-state index < -0.39 is 11.7 Å². The molecule has 28 heavy (non-hydrogen) atoms. The van der Waals surface area contributed by atoms with Crippen molar-refractivity contribution in [3.63, 3.8) is 0 Å². The van der Waals surface area contributed by atoms with Crippen molar-refractivity contribution >= 4 is 11.6 Å². The summed E-state index contributed by atoms with van der Waals surface area (Å²) in [5.41, 5.74) is 0.559. The lowest BCUT2D eigenvalue weighted by molar-refractivity contribution is -0.137. The summed E-state index contributed by atoms with van der Waals surface area (Å²) in [6, 6.07) is 12.6. The van der Waals surface area contributed by atoms with E-state index in [1.807, 2.05) is 24.3 Å². The molecule has 0 aliphatic carbocycles. The molecule has 0 bridgehead atoms. The van der Waals surface area contributed by atoms with Crippen molar-refractivity contribution in [1.29, 1.82) is 0 Å². The lowest BCUT2D eigenvalue weighted by atomic mass is 9.95. The monoisotopic (exact) mass is 392 g/mol. The lowest BCUT2D eigenvalue weighted by Gasteiger charge is -2.31. The van der Waals surface area contributed by atoms with Crippen molar-refractivity contribution in [2.45, 2.75) is 25.6 Å². The van der Waals surface area contributed by atoms with Gasteiger partial charge in [-0.05, 0) is 61.8 Å². The molecular weight excluding hydrogens is 369 g/mol. The minimum absolute atomic E-state index is 0.179. The van der Waals surface area contributed by atoms with Crippen molar-refractivity contribution < 1.29 is 22.7 Å². The van der Waals surface area contributed by atoms with Gasteiger partial charge in [0.25, 0.3) is 0 Å². The fourth-order valence-electron chi connectivity index (χ4n) is 3.40. The number of halogens is 3. The Bertz CT molecular complexity index is 815. The van der Waals surface area contributed by atoms with E-state index in [1.165, 1.54) is 12.1 Å². The van der Waals surface area contributed by atoms with E-state index in [-0.39, 0.29) is 17.5 Å². The van der Waals surface area contributed by atoms with Crippen molar-refractivity contribution in [3.8, 4) is 5.75 Å². The molecule has 0 saturated carbocycles. The van der Waals surface area contributed by atoms with Gasteiger partial charge >= 0.3 is 6.18 Å². The summed E-state index contributed by atoms with van der Waals surface area (Å²) in [4.78, 5) is 14.7. The number of ether oxygens (including phenoxy) is 1. The van der Waals surface area contributed by atoms with E-state index >= 15 is 0 Å². The minimum atomic E-state index is -4.42. The number of hydrogen-bond acceptors (Lipinski definition) is 3. The number of likely N-dealkylation sites (tertiary alicyclic amines) is 1. The first kappa shape index (κ1) is 20.2. The van der Waals surface area contributed by atoms with Gasteiger partial charge in [-0.2, -0.15) is 13.2 Å². The second-order valence-corrected chi connectivity index (χ2v) is 6.97. The van der Waals surface area contributed by atoms with Crippen LogP contribution in [0.2, 0.25) is 0 Å². The molecule has 1 N–H and O–H groups in total. The Hall–Kier alpha value is -2.54. The fourth-order valence-corrected chi connectivity index (χ4v) is 3.40. The van der Waals surface area contributed by atoms with E-state index in [9.17, 15) is 18.0 Å². The Labute approximate surface area is 162 Å². The normalized spacial score (nSPS) is 16.0. The quantitative estimate of drug-likeness (QED) is 0.811. The second kappa shape index (κ2) is 8.65. The van der Waals surface area contributed by atoms with Crippen molar-refractivity contribution in [2.75, 3.05) is 25.5 Å². The van der Waals surface area contributed by atoms with E-state index in [0.29, 0.717) is 12.8 Å². The van der Waals surface area contributed by atoms with Crippen molar-refractivity contribution in [3.05, 3.63) is 59.7 Å². The molecule has 1 amide bonds. The Morgan fingerprint density at radius 3 is 2.54 bits per heavy atom. The van der Waals surface area contributed by atoms with Crippen LogP contribution in [0.25, 0.3) is 0 Å². The zero-order valence-electron chi connectivity index (χ0n) is 15.6. The Morgan fingerprint density at radius 1 is 1.14 bits per heavy atom. The van der Waals surface area contributed by atoms with E-state index in [0.717, 1.165) is 43.1 Å². The molecule has 1 saturated heterocycles. The molecule has 2 aromatic carbocycles. The number of anilines is 1. The van der Waals surface area contributed by atoms with Crippen LogP contribution in [0.4, 0.5) is 18.9 Å². The van der Waals surface area contributed by atoms with Gasteiger partial charge in [-0.25, -0.2) is 0 Å². The first-order valence-electron chi connectivity index (χ1n) is 9.18. The van der Waals surface area contributed by atoms with Gasteiger partial charge in [-0.1, -0.05) is 18.2 Å². The third kappa shape index (κ3) is 5.25. The molecule has 1 heterocycles. The van der Waals surface area contributed by atoms with Gasteiger partial charge in [0.1, 0.15) is 5.75 Å². The molecule has 4 nitrogen and oxygen atoms in total. The maximum absolute atomic E-state index is 12.8. The number of carbonyl (C=O) groups is 1. The van der Waals surface area contributed by atoms with Crippen LogP contribution in [-0.2, 0) is 17.5 Å². The molecule has 0 atom stereocenters. The maximum Gasteiger partial charge on any atom is 0.416 e. The highest BCUT2D eigenvalue weighted by Crippen LogP contribution is 2.31. The molecule has 0 radical (unpaired) electrons.